The Morgan fingerprint density at radius 2 is 1.49 bits per heavy atom. The third-order valence-corrected chi connectivity index (χ3v) is 13.5. The summed E-state index contributed by atoms with van der Waals surface area (Å²) in [6, 6.07) is 0. The lowest BCUT2D eigenvalue weighted by atomic mass is 9.43. The van der Waals surface area contributed by atoms with Crippen LogP contribution in [0.4, 0.5) is 0 Å². The van der Waals surface area contributed by atoms with Gasteiger partial charge in [0.25, 0.3) is 0 Å². The Morgan fingerprint density at radius 3 is 2.11 bits per heavy atom. The van der Waals surface area contributed by atoms with Crippen molar-refractivity contribution < 1.29 is 18.4 Å². The molecular weight excluding hydrogens is 493 g/mol. The fourth-order valence-corrected chi connectivity index (χ4v) is 12.3. The third-order valence-electron chi connectivity index (χ3n) is 11.4. The van der Waals surface area contributed by atoms with Gasteiger partial charge in [0.2, 0.25) is 0 Å². The summed E-state index contributed by atoms with van der Waals surface area (Å²) in [5.41, 5.74) is 0.804. The van der Waals surface area contributed by atoms with Crippen molar-refractivity contribution in [3.8, 4) is 0 Å². The largest absolute Gasteiger partial charge is 0.469 e. The van der Waals surface area contributed by atoms with Gasteiger partial charge in [-0.2, -0.15) is 0 Å². The lowest BCUT2D eigenvalue weighted by Crippen LogP contribution is -2.60. The van der Waals surface area contributed by atoms with E-state index in [1.807, 2.05) is 0 Å². The van der Waals surface area contributed by atoms with Crippen LogP contribution in [-0.4, -0.2) is 41.9 Å². The van der Waals surface area contributed by atoms with Crippen LogP contribution in [0.3, 0.4) is 0 Å². The lowest BCUT2D eigenvalue weighted by molar-refractivity contribution is -0.168. The second-order valence-electron chi connectivity index (χ2n) is 15.9. The van der Waals surface area contributed by atoms with Gasteiger partial charge < -0.3 is 13.6 Å². The summed E-state index contributed by atoms with van der Waals surface area (Å²) < 4.78 is 18.8. The molecule has 10 atom stereocenters. The predicted octanol–water partition coefficient (Wildman–Crippen LogP) is 8.28. The second kappa shape index (κ2) is 10.7. The van der Waals surface area contributed by atoms with Crippen molar-refractivity contribution in [3.63, 3.8) is 0 Å². The van der Waals surface area contributed by atoms with Gasteiger partial charge in [-0.05, 0) is 143 Å². The van der Waals surface area contributed by atoms with Crippen LogP contribution in [0.2, 0.25) is 39.3 Å². The molecule has 0 aromatic carbocycles. The first kappa shape index (κ1) is 29.8. The minimum atomic E-state index is -1.67. The molecule has 6 heteroatoms. The Kier molecular flexibility index (Phi) is 8.59. The van der Waals surface area contributed by atoms with Crippen LogP contribution < -0.4 is 0 Å². The van der Waals surface area contributed by atoms with Crippen molar-refractivity contribution in [1.82, 2.24) is 0 Å². The van der Waals surface area contributed by atoms with Crippen molar-refractivity contribution in [2.24, 2.45) is 46.3 Å². The maximum atomic E-state index is 11.9. The molecule has 0 amide bonds. The molecule has 214 valence electrons. The highest BCUT2D eigenvalue weighted by atomic mass is 28.4. The SMILES string of the molecule is COC(=O)CC[C@@H](C)C1CCC2C3C(O[Si](C)(C)C)CC4C[C@@H](O[Si](C)(C)C)CC[C@]4(C)C3CC[C@@]21C. The summed E-state index contributed by atoms with van der Waals surface area (Å²) >= 11 is 0. The first-order valence-electron chi connectivity index (χ1n) is 15.5. The molecule has 0 N–H and O–H groups in total. The minimum Gasteiger partial charge on any atom is -0.469 e. The average Bonchev–Trinajstić information content (AvgIpc) is 3.13. The van der Waals surface area contributed by atoms with Gasteiger partial charge in [0.15, 0.2) is 16.6 Å². The molecule has 6 unspecified atom stereocenters. The van der Waals surface area contributed by atoms with Gasteiger partial charge in [0.05, 0.1) is 7.11 Å². The molecule has 4 aliphatic rings. The average molecular weight is 551 g/mol. The van der Waals surface area contributed by atoms with Crippen LogP contribution in [0.5, 0.6) is 0 Å². The normalized spacial score (nSPS) is 42.9. The van der Waals surface area contributed by atoms with Gasteiger partial charge in [-0.1, -0.05) is 20.8 Å². The van der Waals surface area contributed by atoms with E-state index in [2.05, 4.69) is 60.1 Å². The number of hydrogen-bond donors (Lipinski definition) is 0. The third kappa shape index (κ3) is 6.12. The van der Waals surface area contributed by atoms with E-state index in [1.165, 1.54) is 58.5 Å². The fraction of sp³-hybridized carbons (Fsp3) is 0.968. The number of esters is 1. The molecule has 4 fully saturated rings. The molecule has 0 spiro atoms. The molecule has 37 heavy (non-hydrogen) atoms. The Balaban J connectivity index is 1.59. The molecule has 0 heterocycles. The van der Waals surface area contributed by atoms with Crippen LogP contribution in [0, 0.1) is 46.3 Å². The van der Waals surface area contributed by atoms with E-state index in [9.17, 15) is 4.79 Å². The van der Waals surface area contributed by atoms with Crippen LogP contribution in [0.25, 0.3) is 0 Å². The highest BCUT2D eigenvalue weighted by molar-refractivity contribution is 6.70. The molecule has 0 saturated heterocycles. The molecule has 0 radical (unpaired) electrons. The van der Waals surface area contributed by atoms with Gasteiger partial charge in [-0.3, -0.25) is 4.79 Å². The van der Waals surface area contributed by atoms with Gasteiger partial charge in [0.1, 0.15) is 0 Å². The summed E-state index contributed by atoms with van der Waals surface area (Å²) in [6.45, 7) is 21.9. The maximum absolute atomic E-state index is 11.9. The Bertz CT molecular complexity index is 819. The smallest absolute Gasteiger partial charge is 0.305 e. The van der Waals surface area contributed by atoms with Crippen molar-refractivity contribution in [2.75, 3.05) is 7.11 Å². The number of carbonyl (C=O) groups is 1. The van der Waals surface area contributed by atoms with E-state index in [0.29, 0.717) is 47.2 Å². The zero-order valence-corrected chi connectivity index (χ0v) is 27.8. The van der Waals surface area contributed by atoms with Crippen molar-refractivity contribution in [3.05, 3.63) is 0 Å². The Labute approximate surface area is 230 Å². The minimum absolute atomic E-state index is 0.0567. The molecule has 4 rings (SSSR count). The summed E-state index contributed by atoms with van der Waals surface area (Å²) in [4.78, 5) is 11.9. The fourth-order valence-electron chi connectivity index (χ4n) is 9.97. The summed E-state index contributed by atoms with van der Waals surface area (Å²) in [5, 5.41) is 0. The highest BCUT2D eigenvalue weighted by Gasteiger charge is 2.63. The first-order chi connectivity index (χ1) is 17.1. The van der Waals surface area contributed by atoms with Gasteiger partial charge in [-0.25, -0.2) is 0 Å². The maximum Gasteiger partial charge on any atom is 0.305 e. The monoisotopic (exact) mass is 550 g/mol. The van der Waals surface area contributed by atoms with Crippen LogP contribution >= 0.6 is 0 Å². The van der Waals surface area contributed by atoms with Crippen molar-refractivity contribution in [2.45, 2.75) is 136 Å². The molecule has 4 nitrogen and oxygen atoms in total. The first-order valence-corrected chi connectivity index (χ1v) is 22.3. The second-order valence-corrected chi connectivity index (χ2v) is 24.9. The van der Waals surface area contributed by atoms with Crippen LogP contribution in [0.15, 0.2) is 0 Å². The van der Waals surface area contributed by atoms with E-state index in [4.69, 9.17) is 13.6 Å². The summed E-state index contributed by atoms with van der Waals surface area (Å²) in [6.07, 6.45) is 12.8. The Hall–Kier alpha value is -0.176. The molecule has 0 aromatic heterocycles. The zero-order valence-electron chi connectivity index (χ0n) is 25.8. The van der Waals surface area contributed by atoms with E-state index < -0.39 is 16.6 Å². The number of methoxy groups -OCH3 is 1. The van der Waals surface area contributed by atoms with E-state index >= 15 is 0 Å². The number of rotatable bonds is 8. The standard InChI is InChI=1S/C31H58O4Si2/c1-21(11-14-28(32)33-4)24-12-13-25-29-26(16-18-31(24,25)3)30(2)17-15-23(34-36(5,6)7)19-22(30)20-27(29)35-37(8,9)10/h21-27,29H,11-20H2,1-10H3/t21-,22?,23+,24?,25?,26?,27?,29?,30+,31-/m1/s1. The van der Waals surface area contributed by atoms with E-state index in [1.54, 1.807) is 0 Å². The highest BCUT2D eigenvalue weighted by Crippen LogP contribution is 2.69. The van der Waals surface area contributed by atoms with Crippen molar-refractivity contribution in [1.29, 1.82) is 0 Å². The Morgan fingerprint density at radius 1 is 0.865 bits per heavy atom. The molecule has 4 aliphatic carbocycles. The lowest BCUT2D eigenvalue weighted by Gasteiger charge is -2.64. The number of hydrogen-bond acceptors (Lipinski definition) is 4. The molecule has 0 aliphatic heterocycles. The summed E-state index contributed by atoms with van der Waals surface area (Å²) in [7, 11) is -1.69. The summed E-state index contributed by atoms with van der Waals surface area (Å²) in [5.74, 6) is 4.18. The zero-order chi connectivity index (χ0) is 27.4. The van der Waals surface area contributed by atoms with Crippen molar-refractivity contribution >= 4 is 22.6 Å². The number of carbonyl (C=O) groups excluding carboxylic acids is 1. The topological polar surface area (TPSA) is 44.8 Å². The van der Waals surface area contributed by atoms with E-state index in [0.717, 1.165) is 24.2 Å². The molecule has 4 saturated carbocycles. The molecular formula is C31H58O4Si2. The van der Waals surface area contributed by atoms with E-state index in [-0.39, 0.29) is 5.97 Å². The van der Waals surface area contributed by atoms with Gasteiger partial charge in [0, 0.05) is 18.6 Å². The quantitative estimate of drug-likeness (QED) is 0.225. The number of ether oxygens (including phenoxy) is 1. The van der Waals surface area contributed by atoms with Crippen LogP contribution in [-0.2, 0) is 18.4 Å². The predicted molar refractivity (Wildman–Crippen MR) is 157 cm³/mol. The number of fused-ring (bicyclic) bond motifs is 5. The van der Waals surface area contributed by atoms with Gasteiger partial charge in [-0.15, -0.1) is 0 Å². The van der Waals surface area contributed by atoms with Crippen LogP contribution in [0.1, 0.15) is 85.0 Å². The molecule has 0 aromatic rings. The molecule has 0 bridgehead atoms. The van der Waals surface area contributed by atoms with Gasteiger partial charge >= 0.3 is 5.97 Å².